The van der Waals surface area contributed by atoms with Crippen LogP contribution >= 0.6 is 11.6 Å². The number of piperidine rings is 1. The minimum absolute atomic E-state index is 0.0359. The molecular formula is C24H28ClN3O2. The number of rotatable bonds is 3. The van der Waals surface area contributed by atoms with Gasteiger partial charge in [-0.05, 0) is 81.3 Å². The van der Waals surface area contributed by atoms with E-state index in [1.807, 2.05) is 24.3 Å². The predicted molar refractivity (Wildman–Crippen MR) is 114 cm³/mol. The molecule has 6 heteroatoms. The molecule has 0 N–H and O–H groups in total. The number of amides is 1. The number of hydrogen-bond acceptors (Lipinski definition) is 4. The average molecular weight is 426 g/mol. The molecule has 5 aliphatic rings. The minimum Gasteiger partial charge on any atom is -0.342 e. The van der Waals surface area contributed by atoms with E-state index >= 15 is 0 Å². The highest BCUT2D eigenvalue weighted by Gasteiger charge is 2.55. The maximum atomic E-state index is 13.6. The third-order valence-electron chi connectivity index (χ3n) is 8.15. The topological polar surface area (TPSA) is 59.2 Å². The Labute approximate surface area is 182 Å². The van der Waals surface area contributed by atoms with Crippen molar-refractivity contribution in [1.82, 2.24) is 15.0 Å². The SMILES string of the molecule is O=C(N1CCC(c2nc(-c3cccc(Cl)c3)no2)CC1)C12CC3CC(CC(C3)C1)C2. The first-order valence-electron chi connectivity index (χ1n) is 11.5. The van der Waals surface area contributed by atoms with Crippen molar-refractivity contribution in [3.05, 3.63) is 35.2 Å². The lowest BCUT2D eigenvalue weighted by Gasteiger charge is -2.57. The molecule has 4 aliphatic carbocycles. The van der Waals surface area contributed by atoms with Crippen LogP contribution in [-0.4, -0.2) is 34.0 Å². The van der Waals surface area contributed by atoms with E-state index in [0.717, 1.165) is 68.5 Å². The Balaban J connectivity index is 1.12. The zero-order valence-electron chi connectivity index (χ0n) is 17.2. The maximum Gasteiger partial charge on any atom is 0.230 e. The summed E-state index contributed by atoms with van der Waals surface area (Å²) in [5, 5.41) is 4.82. The Morgan fingerprint density at radius 2 is 1.73 bits per heavy atom. The third-order valence-corrected chi connectivity index (χ3v) is 8.38. The molecule has 5 nitrogen and oxygen atoms in total. The molecule has 1 aliphatic heterocycles. The Bertz CT molecular complexity index is 928. The van der Waals surface area contributed by atoms with E-state index in [4.69, 9.17) is 16.1 Å². The largest absolute Gasteiger partial charge is 0.342 e. The summed E-state index contributed by atoms with van der Waals surface area (Å²) >= 11 is 6.08. The predicted octanol–water partition coefficient (Wildman–Crippen LogP) is 5.31. The molecule has 4 bridgehead atoms. The lowest BCUT2D eigenvalue weighted by molar-refractivity contribution is -0.158. The number of carbonyl (C=O) groups excluding carboxylic acids is 1. The number of aromatic nitrogens is 2. The lowest BCUT2D eigenvalue weighted by atomic mass is 9.49. The third kappa shape index (κ3) is 3.17. The fraction of sp³-hybridized carbons (Fsp3) is 0.625. The summed E-state index contributed by atoms with van der Waals surface area (Å²) in [6, 6.07) is 7.51. The molecule has 4 saturated carbocycles. The smallest absolute Gasteiger partial charge is 0.230 e. The first kappa shape index (κ1) is 18.9. The minimum atomic E-state index is -0.0359. The van der Waals surface area contributed by atoms with Gasteiger partial charge >= 0.3 is 0 Å². The van der Waals surface area contributed by atoms with Gasteiger partial charge in [0.1, 0.15) is 0 Å². The zero-order chi connectivity index (χ0) is 20.3. The van der Waals surface area contributed by atoms with Gasteiger partial charge in [-0.25, -0.2) is 0 Å². The van der Waals surface area contributed by atoms with Gasteiger partial charge in [0.2, 0.25) is 17.6 Å². The summed E-state index contributed by atoms with van der Waals surface area (Å²) in [6.45, 7) is 1.61. The van der Waals surface area contributed by atoms with Gasteiger partial charge in [0.25, 0.3) is 0 Å². The molecule has 1 amide bonds. The van der Waals surface area contributed by atoms with Gasteiger partial charge in [-0.1, -0.05) is 28.9 Å². The van der Waals surface area contributed by atoms with E-state index in [9.17, 15) is 4.79 Å². The van der Waals surface area contributed by atoms with E-state index in [-0.39, 0.29) is 11.3 Å². The van der Waals surface area contributed by atoms with Crippen molar-refractivity contribution in [2.45, 2.75) is 57.3 Å². The number of halogens is 1. The Kier molecular flexibility index (Phi) is 4.45. The van der Waals surface area contributed by atoms with Crippen molar-refractivity contribution in [2.75, 3.05) is 13.1 Å². The molecule has 158 valence electrons. The molecule has 0 unspecified atom stereocenters. The molecule has 5 fully saturated rings. The van der Waals surface area contributed by atoms with Crippen LogP contribution in [0, 0.1) is 23.2 Å². The van der Waals surface area contributed by atoms with Gasteiger partial charge in [-0.2, -0.15) is 4.98 Å². The average Bonchev–Trinajstić information content (AvgIpc) is 3.23. The van der Waals surface area contributed by atoms with Gasteiger partial charge in [0, 0.05) is 29.6 Å². The fourth-order valence-corrected chi connectivity index (χ4v) is 7.37. The quantitative estimate of drug-likeness (QED) is 0.668. The van der Waals surface area contributed by atoms with E-state index in [1.54, 1.807) is 0 Å². The number of likely N-dealkylation sites (tertiary alicyclic amines) is 1. The first-order valence-corrected chi connectivity index (χ1v) is 11.8. The highest BCUT2D eigenvalue weighted by molar-refractivity contribution is 6.30. The summed E-state index contributed by atoms with van der Waals surface area (Å²) in [5.74, 6) is 4.37. The standard InChI is InChI=1S/C24H28ClN3O2/c25-20-3-1-2-19(11-20)21-26-22(30-27-21)18-4-6-28(7-5-18)23(29)24-12-15-8-16(13-24)10-17(9-15)14-24/h1-3,11,15-18H,4-10,12-14H2. The van der Waals surface area contributed by atoms with Crippen molar-refractivity contribution in [2.24, 2.45) is 23.2 Å². The molecule has 30 heavy (non-hydrogen) atoms. The van der Waals surface area contributed by atoms with Crippen molar-refractivity contribution in [1.29, 1.82) is 0 Å². The number of hydrogen-bond donors (Lipinski definition) is 0. The Hall–Kier alpha value is -1.88. The molecular weight excluding hydrogens is 398 g/mol. The summed E-state index contributed by atoms with van der Waals surface area (Å²) in [4.78, 5) is 20.4. The number of nitrogens with zero attached hydrogens (tertiary/aromatic N) is 3. The molecule has 0 atom stereocenters. The van der Waals surface area contributed by atoms with E-state index < -0.39 is 0 Å². The van der Waals surface area contributed by atoms with Crippen molar-refractivity contribution in [3.8, 4) is 11.4 Å². The highest BCUT2D eigenvalue weighted by Crippen LogP contribution is 2.60. The van der Waals surface area contributed by atoms with Crippen LogP contribution in [0.5, 0.6) is 0 Å². The fourth-order valence-electron chi connectivity index (χ4n) is 7.18. The van der Waals surface area contributed by atoms with Crippen LogP contribution in [0.25, 0.3) is 11.4 Å². The second-order valence-electron chi connectivity index (χ2n) is 10.2. The van der Waals surface area contributed by atoms with Gasteiger partial charge in [-0.3, -0.25) is 4.79 Å². The Morgan fingerprint density at radius 3 is 2.37 bits per heavy atom. The Morgan fingerprint density at radius 1 is 1.07 bits per heavy atom. The van der Waals surface area contributed by atoms with Gasteiger partial charge in [0.15, 0.2) is 0 Å². The maximum absolute atomic E-state index is 13.6. The van der Waals surface area contributed by atoms with Crippen LogP contribution in [0.4, 0.5) is 0 Å². The second kappa shape index (κ2) is 7.08. The molecule has 1 aromatic heterocycles. The van der Waals surface area contributed by atoms with Crippen molar-refractivity contribution >= 4 is 17.5 Å². The van der Waals surface area contributed by atoms with Crippen LogP contribution in [0.2, 0.25) is 5.02 Å². The molecule has 0 radical (unpaired) electrons. The zero-order valence-corrected chi connectivity index (χ0v) is 18.0. The molecule has 2 aromatic rings. The van der Waals surface area contributed by atoms with Crippen LogP contribution in [-0.2, 0) is 4.79 Å². The lowest BCUT2D eigenvalue weighted by Crippen LogP contribution is -2.55. The normalized spacial score (nSPS) is 33.2. The van der Waals surface area contributed by atoms with Crippen LogP contribution < -0.4 is 0 Å². The van der Waals surface area contributed by atoms with E-state index in [1.165, 1.54) is 19.3 Å². The van der Waals surface area contributed by atoms with Gasteiger partial charge < -0.3 is 9.42 Å². The second-order valence-corrected chi connectivity index (χ2v) is 10.7. The molecule has 1 saturated heterocycles. The first-order chi connectivity index (χ1) is 14.6. The monoisotopic (exact) mass is 425 g/mol. The summed E-state index contributed by atoms with van der Waals surface area (Å²) in [7, 11) is 0. The highest BCUT2D eigenvalue weighted by atomic mass is 35.5. The van der Waals surface area contributed by atoms with Crippen molar-refractivity contribution < 1.29 is 9.32 Å². The van der Waals surface area contributed by atoms with Crippen molar-refractivity contribution in [3.63, 3.8) is 0 Å². The number of carbonyl (C=O) groups is 1. The van der Waals surface area contributed by atoms with Crippen LogP contribution in [0.3, 0.4) is 0 Å². The molecule has 7 rings (SSSR count). The summed E-state index contributed by atoms with van der Waals surface area (Å²) in [5.41, 5.74) is 0.832. The molecule has 0 spiro atoms. The van der Waals surface area contributed by atoms with Gasteiger partial charge in [0.05, 0.1) is 5.41 Å². The van der Waals surface area contributed by atoms with Crippen LogP contribution in [0.1, 0.15) is 63.2 Å². The van der Waals surface area contributed by atoms with E-state index in [0.29, 0.717) is 22.6 Å². The van der Waals surface area contributed by atoms with Gasteiger partial charge in [-0.15, -0.1) is 0 Å². The molecule has 1 aromatic carbocycles. The summed E-state index contributed by atoms with van der Waals surface area (Å²) in [6.07, 6.45) is 9.35. The number of benzene rings is 1. The van der Waals surface area contributed by atoms with Crippen LogP contribution in [0.15, 0.2) is 28.8 Å². The van der Waals surface area contributed by atoms with E-state index in [2.05, 4.69) is 15.0 Å². The molecule has 2 heterocycles. The summed E-state index contributed by atoms with van der Waals surface area (Å²) < 4.78 is 5.59.